The van der Waals surface area contributed by atoms with Crippen molar-refractivity contribution in [2.24, 2.45) is 0 Å². The normalized spacial score (nSPS) is 16.0. The molecule has 1 saturated heterocycles. The molecule has 0 saturated carbocycles. The monoisotopic (exact) mass is 402 g/mol. The van der Waals surface area contributed by atoms with Gasteiger partial charge in [0, 0.05) is 31.7 Å². The number of Topliss-reactive ketones (excluding diaryl/α,β-unsaturated/α-hetero) is 1. The zero-order chi connectivity index (χ0) is 19.0. The number of benzene rings is 1. The van der Waals surface area contributed by atoms with Crippen LogP contribution in [-0.4, -0.2) is 54.7 Å². The van der Waals surface area contributed by atoms with Gasteiger partial charge in [-0.25, -0.2) is 18.4 Å². The van der Waals surface area contributed by atoms with E-state index in [2.05, 4.69) is 14.9 Å². The van der Waals surface area contributed by atoms with Gasteiger partial charge in [0.1, 0.15) is 12.1 Å². The van der Waals surface area contributed by atoms with Crippen molar-refractivity contribution in [3.8, 4) is 0 Å². The fourth-order valence-corrected chi connectivity index (χ4v) is 5.50. The maximum atomic E-state index is 12.9. The zero-order valence-corrected chi connectivity index (χ0v) is 16.3. The second-order valence-corrected chi connectivity index (χ2v) is 9.16. The number of hydrogen-bond acceptors (Lipinski definition) is 7. The average Bonchev–Trinajstić information content (AvgIpc) is 3.17. The highest BCUT2D eigenvalue weighted by molar-refractivity contribution is 7.89. The number of carbonyl (C=O) groups excluding carboxylic acids is 1. The first-order chi connectivity index (χ1) is 13.0. The van der Waals surface area contributed by atoms with Crippen LogP contribution < -0.4 is 4.90 Å². The Bertz CT molecular complexity index is 1100. The number of thiophene rings is 1. The lowest BCUT2D eigenvalue weighted by Gasteiger charge is -2.34. The first kappa shape index (κ1) is 18.0. The van der Waals surface area contributed by atoms with Gasteiger partial charge in [-0.2, -0.15) is 4.31 Å². The van der Waals surface area contributed by atoms with Gasteiger partial charge < -0.3 is 4.90 Å². The van der Waals surface area contributed by atoms with Crippen molar-refractivity contribution in [3.05, 3.63) is 47.6 Å². The molecular formula is C18H18N4O3S2. The van der Waals surface area contributed by atoms with Gasteiger partial charge in [0.15, 0.2) is 5.78 Å². The summed E-state index contributed by atoms with van der Waals surface area (Å²) in [6.45, 7) is 3.26. The zero-order valence-electron chi connectivity index (χ0n) is 14.7. The molecule has 140 valence electrons. The van der Waals surface area contributed by atoms with E-state index in [0.29, 0.717) is 31.7 Å². The maximum Gasteiger partial charge on any atom is 0.243 e. The Morgan fingerprint density at radius 2 is 1.89 bits per heavy atom. The third kappa shape index (κ3) is 3.33. The van der Waals surface area contributed by atoms with E-state index >= 15 is 0 Å². The van der Waals surface area contributed by atoms with E-state index in [9.17, 15) is 13.2 Å². The predicted molar refractivity (Wildman–Crippen MR) is 105 cm³/mol. The standard InChI is InChI=1S/C18H18N4O3S2/c1-13(23)14-3-2-4-15(11-14)27(24,25)22-8-6-21(7-9-22)18-17-16(5-10-26-17)19-12-20-18/h2-5,10-12H,6-9H2,1H3. The first-order valence-electron chi connectivity index (χ1n) is 8.51. The van der Waals surface area contributed by atoms with Gasteiger partial charge in [0.25, 0.3) is 0 Å². The van der Waals surface area contributed by atoms with E-state index in [-0.39, 0.29) is 10.7 Å². The van der Waals surface area contributed by atoms with Crippen molar-refractivity contribution in [1.82, 2.24) is 14.3 Å². The minimum atomic E-state index is -3.63. The Morgan fingerprint density at radius 3 is 2.63 bits per heavy atom. The van der Waals surface area contributed by atoms with Gasteiger partial charge in [-0.3, -0.25) is 4.79 Å². The molecule has 0 spiro atoms. The fraction of sp³-hybridized carbons (Fsp3) is 0.278. The number of nitrogens with zero attached hydrogens (tertiary/aromatic N) is 4. The maximum absolute atomic E-state index is 12.9. The number of hydrogen-bond donors (Lipinski definition) is 0. The lowest BCUT2D eigenvalue weighted by Crippen LogP contribution is -2.49. The van der Waals surface area contributed by atoms with Crippen molar-refractivity contribution < 1.29 is 13.2 Å². The molecule has 27 heavy (non-hydrogen) atoms. The molecule has 0 amide bonds. The number of sulfonamides is 1. The van der Waals surface area contributed by atoms with Gasteiger partial charge >= 0.3 is 0 Å². The summed E-state index contributed by atoms with van der Waals surface area (Å²) >= 11 is 1.58. The number of aromatic nitrogens is 2. The van der Waals surface area contributed by atoms with Crippen LogP contribution in [0.4, 0.5) is 5.82 Å². The molecule has 3 heterocycles. The highest BCUT2D eigenvalue weighted by Crippen LogP contribution is 2.29. The van der Waals surface area contributed by atoms with E-state index in [0.717, 1.165) is 16.0 Å². The van der Waals surface area contributed by atoms with Gasteiger partial charge in [-0.15, -0.1) is 11.3 Å². The highest BCUT2D eigenvalue weighted by Gasteiger charge is 2.30. The third-order valence-corrected chi connectivity index (χ3v) is 7.44. The summed E-state index contributed by atoms with van der Waals surface area (Å²) in [5.74, 6) is 0.700. The minimum Gasteiger partial charge on any atom is -0.353 e. The van der Waals surface area contributed by atoms with Crippen LogP contribution >= 0.6 is 11.3 Å². The van der Waals surface area contributed by atoms with Crippen molar-refractivity contribution >= 4 is 43.2 Å². The number of ketones is 1. The molecule has 0 radical (unpaired) electrons. The summed E-state index contributed by atoms with van der Waals surface area (Å²) in [5, 5.41) is 1.98. The van der Waals surface area contributed by atoms with Crippen LogP contribution in [0, 0.1) is 0 Å². The summed E-state index contributed by atoms with van der Waals surface area (Å²) in [4.78, 5) is 22.5. The second-order valence-electron chi connectivity index (χ2n) is 6.31. The molecule has 0 atom stereocenters. The lowest BCUT2D eigenvalue weighted by molar-refractivity contribution is 0.101. The van der Waals surface area contributed by atoms with E-state index in [1.807, 2.05) is 11.4 Å². The van der Waals surface area contributed by atoms with Crippen LogP contribution in [0.3, 0.4) is 0 Å². The molecule has 0 aliphatic carbocycles. The Labute approximate surface area is 161 Å². The molecular weight excluding hydrogens is 384 g/mol. The van der Waals surface area contributed by atoms with E-state index in [1.165, 1.54) is 23.4 Å². The molecule has 0 bridgehead atoms. The molecule has 0 unspecified atom stereocenters. The molecule has 4 rings (SSSR count). The minimum absolute atomic E-state index is 0.152. The fourth-order valence-electron chi connectivity index (χ4n) is 3.17. The Morgan fingerprint density at radius 1 is 1.11 bits per heavy atom. The van der Waals surface area contributed by atoms with Crippen molar-refractivity contribution in [2.45, 2.75) is 11.8 Å². The van der Waals surface area contributed by atoms with Gasteiger partial charge in [0.05, 0.1) is 15.1 Å². The van der Waals surface area contributed by atoms with Crippen LogP contribution in [-0.2, 0) is 10.0 Å². The summed E-state index contributed by atoms with van der Waals surface area (Å²) in [6.07, 6.45) is 1.54. The van der Waals surface area contributed by atoms with Crippen LogP contribution in [0.2, 0.25) is 0 Å². The summed E-state index contributed by atoms with van der Waals surface area (Å²) < 4.78 is 28.4. The number of carbonyl (C=O) groups is 1. The Hall–Kier alpha value is -2.36. The van der Waals surface area contributed by atoms with Gasteiger partial charge in [-0.05, 0) is 30.5 Å². The van der Waals surface area contributed by atoms with Crippen LogP contribution in [0.15, 0.2) is 46.9 Å². The molecule has 1 aromatic carbocycles. The Kier molecular flexibility index (Phi) is 4.67. The number of anilines is 1. The number of piperazine rings is 1. The highest BCUT2D eigenvalue weighted by atomic mass is 32.2. The number of fused-ring (bicyclic) bond motifs is 1. The summed E-state index contributed by atoms with van der Waals surface area (Å²) in [6, 6.07) is 8.17. The third-order valence-electron chi connectivity index (χ3n) is 4.64. The largest absolute Gasteiger partial charge is 0.353 e. The molecule has 9 heteroatoms. The van der Waals surface area contributed by atoms with Crippen LogP contribution in [0.25, 0.3) is 10.2 Å². The summed E-state index contributed by atoms with van der Waals surface area (Å²) in [7, 11) is -3.63. The number of rotatable bonds is 4. The SMILES string of the molecule is CC(=O)c1cccc(S(=O)(=O)N2CCN(c3ncnc4ccsc34)CC2)c1. The molecule has 7 nitrogen and oxygen atoms in total. The smallest absolute Gasteiger partial charge is 0.243 e. The molecule has 3 aromatic rings. The predicted octanol–water partition coefficient (Wildman–Crippen LogP) is 2.40. The lowest BCUT2D eigenvalue weighted by atomic mass is 10.2. The van der Waals surface area contributed by atoms with Crippen LogP contribution in [0.1, 0.15) is 17.3 Å². The molecule has 2 aromatic heterocycles. The van der Waals surface area contributed by atoms with E-state index in [4.69, 9.17) is 0 Å². The van der Waals surface area contributed by atoms with E-state index in [1.54, 1.807) is 29.8 Å². The molecule has 0 N–H and O–H groups in total. The van der Waals surface area contributed by atoms with Gasteiger partial charge in [0.2, 0.25) is 10.0 Å². The average molecular weight is 403 g/mol. The van der Waals surface area contributed by atoms with E-state index < -0.39 is 10.0 Å². The van der Waals surface area contributed by atoms with Crippen molar-refractivity contribution in [3.63, 3.8) is 0 Å². The molecule has 1 aliphatic heterocycles. The van der Waals surface area contributed by atoms with Gasteiger partial charge in [-0.1, -0.05) is 12.1 Å². The molecule has 1 aliphatic rings. The summed E-state index contributed by atoms with van der Waals surface area (Å²) in [5.41, 5.74) is 1.30. The van der Waals surface area contributed by atoms with Crippen molar-refractivity contribution in [2.75, 3.05) is 31.1 Å². The first-order valence-corrected chi connectivity index (χ1v) is 10.8. The van der Waals surface area contributed by atoms with Crippen LogP contribution in [0.5, 0.6) is 0 Å². The molecule has 1 fully saturated rings. The topological polar surface area (TPSA) is 83.5 Å². The van der Waals surface area contributed by atoms with Crippen molar-refractivity contribution in [1.29, 1.82) is 0 Å². The Balaban J connectivity index is 1.54. The quantitative estimate of drug-likeness (QED) is 0.623. The second kappa shape index (κ2) is 6.99.